The molecule has 178 valence electrons. The van der Waals surface area contributed by atoms with Crippen molar-refractivity contribution in [2.24, 2.45) is 0 Å². The third-order valence-corrected chi connectivity index (χ3v) is 5.14. The van der Waals surface area contributed by atoms with E-state index in [2.05, 4.69) is 20.9 Å². The fourth-order valence-electron chi connectivity index (χ4n) is 3.44. The van der Waals surface area contributed by atoms with Crippen LogP contribution in [0, 0.1) is 0 Å². The number of para-hydroxylation sites is 2. The van der Waals surface area contributed by atoms with Crippen molar-refractivity contribution in [1.29, 1.82) is 0 Å². The van der Waals surface area contributed by atoms with E-state index in [-0.39, 0.29) is 28.5 Å². The Balaban J connectivity index is 1.46. The van der Waals surface area contributed by atoms with Crippen LogP contribution in [0.1, 0.15) is 32.0 Å². The molecule has 0 bridgehead atoms. The fourth-order valence-corrected chi connectivity index (χ4v) is 3.44. The van der Waals surface area contributed by atoms with Crippen molar-refractivity contribution in [2.75, 3.05) is 11.9 Å². The van der Waals surface area contributed by atoms with Crippen LogP contribution in [0.5, 0.6) is 0 Å². The predicted molar refractivity (Wildman–Crippen MR) is 123 cm³/mol. The van der Waals surface area contributed by atoms with Crippen molar-refractivity contribution in [3.05, 3.63) is 107 Å². The first kappa shape index (κ1) is 23.7. The Kier molecular flexibility index (Phi) is 6.91. The van der Waals surface area contributed by atoms with E-state index in [0.29, 0.717) is 13.0 Å². The number of hydrogen-bond donors (Lipinski definition) is 2. The largest absolute Gasteiger partial charge is 0.418 e. The molecule has 1 aromatic heterocycles. The third-order valence-electron chi connectivity index (χ3n) is 5.14. The molecule has 0 unspecified atom stereocenters. The molecule has 3 aromatic carbocycles. The highest BCUT2D eigenvalue weighted by atomic mass is 19.4. The molecule has 2 N–H and O–H groups in total. The van der Waals surface area contributed by atoms with Gasteiger partial charge in [-0.25, -0.2) is 4.68 Å². The number of carbonyl (C=O) groups is 2. The summed E-state index contributed by atoms with van der Waals surface area (Å²) in [6.45, 7) is 0.401. The van der Waals surface area contributed by atoms with Crippen LogP contribution in [0.3, 0.4) is 0 Å². The van der Waals surface area contributed by atoms with Crippen LogP contribution >= 0.6 is 0 Å². The molecule has 0 spiro atoms. The van der Waals surface area contributed by atoms with Crippen molar-refractivity contribution in [3.63, 3.8) is 0 Å². The summed E-state index contributed by atoms with van der Waals surface area (Å²) in [6, 6.07) is 20.9. The Morgan fingerprint density at radius 3 is 2.31 bits per heavy atom. The van der Waals surface area contributed by atoms with E-state index >= 15 is 0 Å². The Labute approximate surface area is 198 Å². The van der Waals surface area contributed by atoms with Gasteiger partial charge in [-0.15, -0.1) is 5.10 Å². The van der Waals surface area contributed by atoms with Crippen LogP contribution in [0.2, 0.25) is 0 Å². The molecular weight excluding hydrogens is 459 g/mol. The molecule has 0 fully saturated rings. The summed E-state index contributed by atoms with van der Waals surface area (Å²) in [5.74, 6) is -1.09. The van der Waals surface area contributed by atoms with Gasteiger partial charge in [0.25, 0.3) is 11.8 Å². The van der Waals surface area contributed by atoms with Crippen molar-refractivity contribution in [1.82, 2.24) is 20.3 Å². The van der Waals surface area contributed by atoms with Crippen molar-refractivity contribution in [2.45, 2.75) is 12.6 Å². The number of aromatic nitrogens is 3. The van der Waals surface area contributed by atoms with Crippen molar-refractivity contribution >= 4 is 17.5 Å². The number of anilines is 1. The van der Waals surface area contributed by atoms with Gasteiger partial charge < -0.3 is 10.6 Å². The molecule has 2 amide bonds. The second kappa shape index (κ2) is 10.2. The quantitative estimate of drug-likeness (QED) is 0.408. The van der Waals surface area contributed by atoms with Crippen molar-refractivity contribution < 1.29 is 22.8 Å². The molecule has 0 saturated heterocycles. The molecule has 0 aliphatic carbocycles. The lowest BCUT2D eigenvalue weighted by Gasteiger charge is -2.11. The highest BCUT2D eigenvalue weighted by molar-refractivity contribution is 6.08. The highest BCUT2D eigenvalue weighted by Gasteiger charge is 2.34. The zero-order chi connectivity index (χ0) is 24.8. The number of carbonyl (C=O) groups excluding carboxylic acids is 2. The summed E-state index contributed by atoms with van der Waals surface area (Å²) in [7, 11) is 0. The Bertz CT molecular complexity index is 1340. The van der Waals surface area contributed by atoms with Crippen LogP contribution in [0.25, 0.3) is 5.69 Å². The molecule has 0 saturated carbocycles. The number of rotatable bonds is 7. The zero-order valence-corrected chi connectivity index (χ0v) is 18.3. The molecule has 0 atom stereocenters. The average molecular weight is 479 g/mol. The van der Waals surface area contributed by atoms with Gasteiger partial charge in [0.15, 0.2) is 5.69 Å². The van der Waals surface area contributed by atoms with Crippen LogP contribution in [0.4, 0.5) is 18.9 Å². The molecular formula is C25H20F3N5O2. The number of halogens is 3. The van der Waals surface area contributed by atoms with E-state index in [1.807, 2.05) is 30.3 Å². The van der Waals surface area contributed by atoms with Crippen LogP contribution in [-0.4, -0.2) is 33.4 Å². The summed E-state index contributed by atoms with van der Waals surface area (Å²) in [4.78, 5) is 25.4. The first-order valence-electron chi connectivity index (χ1n) is 10.6. The van der Waals surface area contributed by atoms with Gasteiger partial charge in [-0.2, -0.15) is 13.2 Å². The number of nitrogens with one attached hydrogen (secondary N) is 2. The van der Waals surface area contributed by atoms with Gasteiger partial charge in [0.2, 0.25) is 0 Å². The van der Waals surface area contributed by atoms with E-state index in [1.54, 1.807) is 24.3 Å². The minimum Gasteiger partial charge on any atom is -0.352 e. The molecule has 35 heavy (non-hydrogen) atoms. The van der Waals surface area contributed by atoms with Crippen LogP contribution < -0.4 is 10.6 Å². The Morgan fingerprint density at radius 2 is 1.54 bits per heavy atom. The second-order valence-corrected chi connectivity index (χ2v) is 7.55. The summed E-state index contributed by atoms with van der Waals surface area (Å²) in [5.41, 5.74) is 0.175. The zero-order valence-electron chi connectivity index (χ0n) is 18.3. The summed E-state index contributed by atoms with van der Waals surface area (Å²) >= 11 is 0. The maximum Gasteiger partial charge on any atom is 0.418 e. The highest BCUT2D eigenvalue weighted by Crippen LogP contribution is 2.33. The summed E-state index contributed by atoms with van der Waals surface area (Å²) < 4.78 is 40.8. The molecule has 10 heteroatoms. The lowest BCUT2D eigenvalue weighted by atomic mass is 10.1. The van der Waals surface area contributed by atoms with Crippen LogP contribution in [0.15, 0.2) is 85.1 Å². The van der Waals surface area contributed by atoms with Gasteiger partial charge in [0.1, 0.15) is 0 Å². The molecule has 0 aliphatic heterocycles. The van der Waals surface area contributed by atoms with Gasteiger partial charge in [0, 0.05) is 6.54 Å². The van der Waals surface area contributed by atoms with Gasteiger partial charge in [0.05, 0.1) is 28.7 Å². The third kappa shape index (κ3) is 5.72. The average Bonchev–Trinajstić information content (AvgIpc) is 3.35. The van der Waals surface area contributed by atoms with E-state index < -0.39 is 17.6 Å². The van der Waals surface area contributed by atoms with Gasteiger partial charge in [-0.1, -0.05) is 59.8 Å². The molecule has 0 aliphatic rings. The lowest BCUT2D eigenvalue weighted by Crippen LogP contribution is -2.27. The maximum atomic E-state index is 13.3. The second-order valence-electron chi connectivity index (χ2n) is 7.55. The maximum absolute atomic E-state index is 13.3. The Morgan fingerprint density at radius 1 is 0.857 bits per heavy atom. The topological polar surface area (TPSA) is 88.9 Å². The predicted octanol–water partition coefficient (Wildman–Crippen LogP) is 4.51. The minimum atomic E-state index is -4.60. The molecule has 4 rings (SSSR count). The van der Waals surface area contributed by atoms with Gasteiger partial charge in [-0.3, -0.25) is 9.59 Å². The van der Waals surface area contributed by atoms with Gasteiger partial charge >= 0.3 is 6.18 Å². The SMILES string of the molecule is O=C(Nc1ccccc1C(=O)NCCc1ccccc1)c1cn(-c2ccccc2C(F)(F)F)nn1. The smallest absolute Gasteiger partial charge is 0.352 e. The monoisotopic (exact) mass is 479 g/mol. The number of alkyl halides is 3. The van der Waals surface area contributed by atoms with E-state index in [9.17, 15) is 22.8 Å². The normalized spacial score (nSPS) is 11.2. The van der Waals surface area contributed by atoms with Crippen molar-refractivity contribution in [3.8, 4) is 5.69 Å². The van der Waals surface area contributed by atoms with E-state index in [0.717, 1.165) is 22.5 Å². The minimum absolute atomic E-state index is 0.207. The number of hydrogen-bond acceptors (Lipinski definition) is 4. The first-order chi connectivity index (χ1) is 16.8. The van der Waals surface area contributed by atoms with Gasteiger partial charge in [-0.05, 0) is 36.2 Å². The lowest BCUT2D eigenvalue weighted by molar-refractivity contribution is -0.137. The molecule has 1 heterocycles. The van der Waals surface area contributed by atoms with Crippen LogP contribution in [-0.2, 0) is 12.6 Å². The number of nitrogens with zero attached hydrogens (tertiary/aromatic N) is 3. The number of benzene rings is 3. The summed E-state index contributed by atoms with van der Waals surface area (Å²) in [6.07, 6.45) is -2.86. The Hall–Kier alpha value is -4.47. The first-order valence-corrected chi connectivity index (χ1v) is 10.6. The standard InChI is InChI=1S/C25H20F3N5O2/c26-25(27,28)19-11-5-7-13-22(19)33-16-21(31-32-33)24(35)30-20-12-6-4-10-18(20)23(34)29-15-14-17-8-2-1-3-9-17/h1-13,16H,14-15H2,(H,29,34)(H,30,35). The van der Waals surface area contributed by atoms with E-state index in [4.69, 9.17) is 0 Å². The molecule has 4 aromatic rings. The fraction of sp³-hybridized carbons (Fsp3) is 0.120. The molecule has 0 radical (unpaired) electrons. The summed E-state index contributed by atoms with van der Waals surface area (Å²) in [5, 5.41) is 12.8. The van der Waals surface area contributed by atoms with E-state index in [1.165, 1.54) is 18.2 Å². The number of amides is 2. The molecule has 7 nitrogen and oxygen atoms in total.